The van der Waals surface area contributed by atoms with Crippen LogP contribution in [0.1, 0.15) is 24.4 Å². The van der Waals surface area contributed by atoms with E-state index in [1.165, 1.54) is 6.33 Å². The fourth-order valence-corrected chi connectivity index (χ4v) is 1.47. The van der Waals surface area contributed by atoms with Crippen LogP contribution in [0.5, 0.6) is 0 Å². The van der Waals surface area contributed by atoms with Gasteiger partial charge in [-0.25, -0.2) is 4.98 Å². The van der Waals surface area contributed by atoms with Crippen molar-refractivity contribution in [3.63, 3.8) is 0 Å². The fraction of sp³-hybridized carbons (Fsp3) is 0.273. The van der Waals surface area contributed by atoms with Crippen molar-refractivity contribution in [2.75, 3.05) is 0 Å². The molecule has 1 atom stereocenters. The number of amides is 1. The summed E-state index contributed by atoms with van der Waals surface area (Å²) in [6.07, 6.45) is 5.09. The molecule has 0 aromatic carbocycles. The second-order valence-corrected chi connectivity index (χ2v) is 3.70. The molecule has 1 unspecified atom stereocenters. The molecule has 6 nitrogen and oxygen atoms in total. The van der Waals surface area contributed by atoms with E-state index in [1.54, 1.807) is 12.4 Å². The van der Waals surface area contributed by atoms with Gasteiger partial charge in [-0.05, 0) is 18.6 Å². The van der Waals surface area contributed by atoms with E-state index in [0.29, 0.717) is 12.2 Å². The quantitative estimate of drug-likeness (QED) is 0.808. The van der Waals surface area contributed by atoms with Gasteiger partial charge in [0, 0.05) is 12.4 Å². The molecule has 0 fully saturated rings. The van der Waals surface area contributed by atoms with Crippen LogP contribution in [0.4, 0.5) is 0 Å². The van der Waals surface area contributed by atoms with Gasteiger partial charge in [-0.15, -0.1) is 0 Å². The van der Waals surface area contributed by atoms with E-state index >= 15 is 0 Å². The molecule has 88 valence electrons. The Balaban J connectivity index is 1.90. The summed E-state index contributed by atoms with van der Waals surface area (Å²) >= 11 is 0. The maximum Gasteiger partial charge on any atom is 0.225 e. The van der Waals surface area contributed by atoms with Crippen LogP contribution < -0.4 is 5.32 Å². The van der Waals surface area contributed by atoms with Crippen molar-refractivity contribution in [3.8, 4) is 0 Å². The van der Waals surface area contributed by atoms with Gasteiger partial charge in [-0.2, -0.15) is 5.10 Å². The minimum absolute atomic E-state index is 0.0677. The molecule has 2 aromatic rings. The van der Waals surface area contributed by atoms with Gasteiger partial charge in [0.05, 0.1) is 12.5 Å². The number of aromatic nitrogens is 4. The summed E-state index contributed by atoms with van der Waals surface area (Å²) in [5, 5.41) is 9.29. The van der Waals surface area contributed by atoms with Gasteiger partial charge in [0.1, 0.15) is 12.2 Å². The number of nitrogens with zero attached hydrogens (tertiary/aromatic N) is 3. The maximum atomic E-state index is 11.7. The minimum atomic E-state index is -0.179. The van der Waals surface area contributed by atoms with Crippen molar-refractivity contribution in [1.29, 1.82) is 0 Å². The fourth-order valence-electron chi connectivity index (χ4n) is 1.47. The van der Waals surface area contributed by atoms with Crippen molar-refractivity contribution >= 4 is 5.91 Å². The highest BCUT2D eigenvalue weighted by molar-refractivity contribution is 5.78. The van der Waals surface area contributed by atoms with Crippen molar-refractivity contribution in [2.24, 2.45) is 0 Å². The molecule has 0 aliphatic rings. The van der Waals surface area contributed by atoms with E-state index in [4.69, 9.17) is 0 Å². The van der Waals surface area contributed by atoms with E-state index < -0.39 is 0 Å². The van der Waals surface area contributed by atoms with Gasteiger partial charge >= 0.3 is 0 Å². The standard InChI is InChI=1S/C11H13N5O/c1-8(11-13-7-14-16-11)15-10(17)5-9-3-2-4-12-6-9/h2-4,6-8H,5H2,1H3,(H,15,17)(H,13,14,16). The molecule has 0 saturated carbocycles. The van der Waals surface area contributed by atoms with Crippen LogP contribution in [0.3, 0.4) is 0 Å². The third-order valence-electron chi connectivity index (χ3n) is 2.31. The molecule has 0 radical (unpaired) electrons. The zero-order chi connectivity index (χ0) is 12.1. The number of aromatic amines is 1. The lowest BCUT2D eigenvalue weighted by Gasteiger charge is -2.10. The Kier molecular flexibility index (Phi) is 3.44. The average Bonchev–Trinajstić information content (AvgIpc) is 2.83. The van der Waals surface area contributed by atoms with E-state index in [2.05, 4.69) is 25.5 Å². The largest absolute Gasteiger partial charge is 0.346 e. The molecule has 2 heterocycles. The molecule has 0 aliphatic carbocycles. The van der Waals surface area contributed by atoms with Crippen molar-refractivity contribution in [1.82, 2.24) is 25.5 Å². The molecule has 2 rings (SSSR count). The van der Waals surface area contributed by atoms with Crippen LogP contribution in [0, 0.1) is 0 Å². The summed E-state index contributed by atoms with van der Waals surface area (Å²) < 4.78 is 0. The lowest BCUT2D eigenvalue weighted by atomic mass is 10.2. The van der Waals surface area contributed by atoms with Crippen molar-refractivity contribution in [3.05, 3.63) is 42.2 Å². The first-order chi connectivity index (χ1) is 8.25. The molecule has 0 spiro atoms. The normalized spacial score (nSPS) is 12.1. The van der Waals surface area contributed by atoms with E-state index in [9.17, 15) is 4.79 Å². The SMILES string of the molecule is CC(NC(=O)Cc1cccnc1)c1ncn[nH]1. The molecular formula is C11H13N5O. The van der Waals surface area contributed by atoms with Crippen LogP contribution in [0.15, 0.2) is 30.9 Å². The van der Waals surface area contributed by atoms with Crippen molar-refractivity contribution < 1.29 is 4.79 Å². The third-order valence-corrected chi connectivity index (χ3v) is 2.31. The number of hydrogen-bond donors (Lipinski definition) is 2. The second-order valence-electron chi connectivity index (χ2n) is 3.70. The molecule has 1 amide bonds. The topological polar surface area (TPSA) is 83.6 Å². The van der Waals surface area contributed by atoms with E-state index in [1.807, 2.05) is 19.1 Å². The molecule has 0 saturated heterocycles. The summed E-state index contributed by atoms with van der Waals surface area (Å²) in [5.74, 6) is 0.575. The number of nitrogens with one attached hydrogen (secondary N) is 2. The summed E-state index contributed by atoms with van der Waals surface area (Å²) in [6.45, 7) is 1.85. The molecule has 0 aliphatic heterocycles. The van der Waals surface area contributed by atoms with Crippen LogP contribution in [0.2, 0.25) is 0 Å². The highest BCUT2D eigenvalue weighted by Gasteiger charge is 2.11. The van der Waals surface area contributed by atoms with Crippen molar-refractivity contribution in [2.45, 2.75) is 19.4 Å². The number of carbonyl (C=O) groups is 1. The predicted molar refractivity (Wildman–Crippen MR) is 60.9 cm³/mol. The second kappa shape index (κ2) is 5.20. The van der Waals surface area contributed by atoms with Gasteiger partial charge in [0.25, 0.3) is 0 Å². The zero-order valence-electron chi connectivity index (χ0n) is 9.42. The molecule has 0 bridgehead atoms. The Bertz CT molecular complexity index is 468. The highest BCUT2D eigenvalue weighted by atomic mass is 16.1. The van der Waals surface area contributed by atoms with Gasteiger partial charge < -0.3 is 5.32 Å². The van der Waals surface area contributed by atoms with Crippen LogP contribution >= 0.6 is 0 Å². The third kappa shape index (κ3) is 3.10. The Morgan fingerprint density at radius 1 is 1.59 bits per heavy atom. The monoisotopic (exact) mass is 231 g/mol. The highest BCUT2D eigenvalue weighted by Crippen LogP contribution is 2.05. The molecule has 2 N–H and O–H groups in total. The molecular weight excluding hydrogens is 218 g/mol. The number of rotatable bonds is 4. The van der Waals surface area contributed by atoms with Crippen LogP contribution in [-0.2, 0) is 11.2 Å². The van der Waals surface area contributed by atoms with E-state index in [0.717, 1.165) is 5.56 Å². The number of carbonyl (C=O) groups excluding carboxylic acids is 1. The summed E-state index contributed by atoms with van der Waals surface area (Å²) in [4.78, 5) is 19.7. The van der Waals surface area contributed by atoms with Gasteiger partial charge in [-0.3, -0.25) is 14.9 Å². The Labute approximate surface area is 98.5 Å². The first-order valence-electron chi connectivity index (χ1n) is 5.29. The Morgan fingerprint density at radius 2 is 2.47 bits per heavy atom. The Morgan fingerprint density at radius 3 is 3.12 bits per heavy atom. The van der Waals surface area contributed by atoms with Gasteiger partial charge in [0.15, 0.2) is 0 Å². The van der Waals surface area contributed by atoms with Crippen LogP contribution in [-0.4, -0.2) is 26.1 Å². The lowest BCUT2D eigenvalue weighted by molar-refractivity contribution is -0.121. The first-order valence-corrected chi connectivity index (χ1v) is 5.29. The van der Waals surface area contributed by atoms with Gasteiger partial charge in [-0.1, -0.05) is 6.07 Å². The first kappa shape index (κ1) is 11.3. The number of hydrogen-bond acceptors (Lipinski definition) is 4. The maximum absolute atomic E-state index is 11.7. The molecule has 17 heavy (non-hydrogen) atoms. The van der Waals surface area contributed by atoms with E-state index in [-0.39, 0.29) is 11.9 Å². The summed E-state index contributed by atoms with van der Waals surface area (Å²) in [6, 6.07) is 3.50. The molecule has 6 heteroatoms. The Hall–Kier alpha value is -2.24. The van der Waals surface area contributed by atoms with Gasteiger partial charge in [0.2, 0.25) is 5.91 Å². The number of H-pyrrole nitrogens is 1. The summed E-state index contributed by atoms with van der Waals surface area (Å²) in [5.41, 5.74) is 0.884. The van der Waals surface area contributed by atoms with Crippen LogP contribution in [0.25, 0.3) is 0 Å². The number of pyridine rings is 1. The summed E-state index contributed by atoms with van der Waals surface area (Å²) in [7, 11) is 0. The average molecular weight is 231 g/mol. The lowest BCUT2D eigenvalue weighted by Crippen LogP contribution is -2.28. The smallest absolute Gasteiger partial charge is 0.225 e. The zero-order valence-corrected chi connectivity index (χ0v) is 9.42. The molecule has 2 aromatic heterocycles. The predicted octanol–water partition coefficient (Wildman–Crippen LogP) is 0.620. The minimum Gasteiger partial charge on any atom is -0.346 e.